The molecule has 0 aliphatic carbocycles. The minimum Gasteiger partial charge on any atom is -0.491 e. The fourth-order valence-corrected chi connectivity index (χ4v) is 2.10. The molecule has 0 radical (unpaired) electrons. The summed E-state index contributed by atoms with van der Waals surface area (Å²) in [5, 5.41) is 2.94. The zero-order valence-corrected chi connectivity index (χ0v) is 12.4. The van der Waals surface area contributed by atoms with E-state index in [1.165, 1.54) is 0 Å². The Balaban J connectivity index is 1.94. The van der Waals surface area contributed by atoms with E-state index < -0.39 is 0 Å². The first-order valence-corrected chi connectivity index (χ1v) is 7.11. The van der Waals surface area contributed by atoms with E-state index in [-0.39, 0.29) is 17.6 Å². The first-order chi connectivity index (χ1) is 9.44. The zero-order chi connectivity index (χ0) is 14.6. The lowest BCUT2D eigenvalue weighted by Gasteiger charge is -2.20. The summed E-state index contributed by atoms with van der Waals surface area (Å²) < 4.78 is 11.2. The molecule has 1 aliphatic rings. The van der Waals surface area contributed by atoms with Crippen LogP contribution in [0, 0.1) is 0 Å². The molecule has 20 heavy (non-hydrogen) atoms. The topological polar surface area (TPSA) is 47.6 Å². The van der Waals surface area contributed by atoms with Crippen molar-refractivity contribution in [3.05, 3.63) is 29.8 Å². The number of benzene rings is 1. The quantitative estimate of drug-likeness (QED) is 0.920. The molecule has 1 N–H and O–H groups in total. The summed E-state index contributed by atoms with van der Waals surface area (Å²) in [4.78, 5) is 12.1. The molecule has 0 bridgehead atoms. The summed E-state index contributed by atoms with van der Waals surface area (Å²) in [6, 6.07) is 7.27. The highest BCUT2D eigenvalue weighted by Crippen LogP contribution is 2.17. The first-order valence-electron chi connectivity index (χ1n) is 7.11. The van der Waals surface area contributed by atoms with Gasteiger partial charge in [-0.3, -0.25) is 4.79 Å². The van der Waals surface area contributed by atoms with Crippen LogP contribution < -0.4 is 10.1 Å². The third-order valence-corrected chi connectivity index (χ3v) is 3.04. The molecule has 4 heteroatoms. The monoisotopic (exact) mass is 277 g/mol. The summed E-state index contributed by atoms with van der Waals surface area (Å²) >= 11 is 0. The van der Waals surface area contributed by atoms with Crippen molar-refractivity contribution >= 4 is 5.91 Å². The highest BCUT2D eigenvalue weighted by atomic mass is 16.5. The lowest BCUT2D eigenvalue weighted by atomic mass is 10.1. The van der Waals surface area contributed by atoms with Gasteiger partial charge < -0.3 is 14.8 Å². The zero-order valence-electron chi connectivity index (χ0n) is 12.4. The Labute approximate surface area is 120 Å². The van der Waals surface area contributed by atoms with E-state index in [4.69, 9.17) is 9.47 Å². The Morgan fingerprint density at radius 2 is 2.25 bits per heavy atom. The summed E-state index contributed by atoms with van der Waals surface area (Å²) in [5.74, 6) is 0.627. The third-order valence-electron chi connectivity index (χ3n) is 3.04. The molecule has 1 unspecified atom stereocenters. The van der Waals surface area contributed by atoms with E-state index in [0.29, 0.717) is 17.9 Å². The van der Waals surface area contributed by atoms with Gasteiger partial charge in [0.15, 0.2) is 0 Å². The van der Waals surface area contributed by atoms with Crippen molar-refractivity contribution < 1.29 is 14.3 Å². The number of hydrogen-bond acceptors (Lipinski definition) is 3. The van der Waals surface area contributed by atoms with E-state index in [0.717, 1.165) is 19.4 Å². The van der Waals surface area contributed by atoms with Crippen LogP contribution in [0.5, 0.6) is 5.75 Å². The Kier molecular flexibility index (Phi) is 4.65. The lowest BCUT2D eigenvalue weighted by Crippen LogP contribution is -2.40. The summed E-state index contributed by atoms with van der Waals surface area (Å²) in [6.07, 6.45) is 2.33. The Hall–Kier alpha value is -1.55. The molecular weight excluding hydrogens is 254 g/mol. The van der Waals surface area contributed by atoms with E-state index in [1.54, 1.807) is 12.1 Å². The molecule has 110 valence electrons. The van der Waals surface area contributed by atoms with E-state index >= 15 is 0 Å². The number of rotatable bonds is 4. The van der Waals surface area contributed by atoms with Crippen molar-refractivity contribution in [3.63, 3.8) is 0 Å². The summed E-state index contributed by atoms with van der Waals surface area (Å²) in [5.41, 5.74) is 0.371. The average molecular weight is 277 g/mol. The van der Waals surface area contributed by atoms with Gasteiger partial charge in [0.2, 0.25) is 0 Å². The average Bonchev–Trinajstić information content (AvgIpc) is 2.88. The van der Waals surface area contributed by atoms with Gasteiger partial charge in [-0.05, 0) is 51.8 Å². The molecule has 4 nitrogen and oxygen atoms in total. The molecular formula is C16H23NO3. The largest absolute Gasteiger partial charge is 0.491 e. The van der Waals surface area contributed by atoms with Crippen molar-refractivity contribution in [2.45, 2.75) is 45.3 Å². The predicted octanol–water partition coefficient (Wildman–Crippen LogP) is 2.77. The van der Waals surface area contributed by atoms with Crippen molar-refractivity contribution in [3.8, 4) is 5.75 Å². The Bertz CT molecular complexity index is 459. The Morgan fingerprint density at radius 1 is 1.45 bits per heavy atom. The predicted molar refractivity (Wildman–Crippen MR) is 78.1 cm³/mol. The third kappa shape index (κ3) is 4.53. The van der Waals surface area contributed by atoms with Crippen LogP contribution in [0.1, 0.15) is 44.0 Å². The van der Waals surface area contributed by atoms with Crippen LogP contribution in [-0.2, 0) is 4.74 Å². The van der Waals surface area contributed by atoms with E-state index in [9.17, 15) is 4.79 Å². The molecule has 1 atom stereocenters. The normalized spacial score (nSPS) is 18.9. The van der Waals surface area contributed by atoms with Gasteiger partial charge in [-0.1, -0.05) is 6.07 Å². The molecule has 0 saturated carbocycles. The van der Waals surface area contributed by atoms with Crippen molar-refractivity contribution in [2.75, 3.05) is 13.2 Å². The van der Waals surface area contributed by atoms with Gasteiger partial charge in [-0.2, -0.15) is 0 Å². The highest BCUT2D eigenvalue weighted by molar-refractivity contribution is 5.95. The van der Waals surface area contributed by atoms with Crippen LogP contribution in [0.2, 0.25) is 0 Å². The van der Waals surface area contributed by atoms with Crippen LogP contribution >= 0.6 is 0 Å². The van der Waals surface area contributed by atoms with E-state index in [1.807, 2.05) is 32.9 Å². The number of amides is 1. The van der Waals surface area contributed by atoms with Crippen molar-refractivity contribution in [1.82, 2.24) is 5.32 Å². The fourth-order valence-electron chi connectivity index (χ4n) is 2.10. The molecule has 0 spiro atoms. The fraction of sp³-hybridized carbons (Fsp3) is 0.562. The molecule has 1 amide bonds. The van der Waals surface area contributed by atoms with Crippen LogP contribution in [0.25, 0.3) is 0 Å². The van der Waals surface area contributed by atoms with Gasteiger partial charge in [0.05, 0.1) is 6.10 Å². The minimum absolute atomic E-state index is 0.0833. The second-order valence-corrected chi connectivity index (χ2v) is 6.18. The van der Waals surface area contributed by atoms with Gasteiger partial charge >= 0.3 is 0 Å². The number of nitrogens with one attached hydrogen (secondary N) is 1. The lowest BCUT2D eigenvalue weighted by molar-refractivity contribution is 0.0679. The summed E-state index contributed by atoms with van der Waals surface area (Å²) in [6.45, 7) is 7.25. The maximum absolute atomic E-state index is 12.1. The standard InChI is InChI=1S/C16H23NO3/c1-16(2,3)17-15(18)12-6-4-7-13(10-12)20-11-14-8-5-9-19-14/h4,6-7,10,14H,5,8-9,11H2,1-3H3,(H,17,18). The van der Waals surface area contributed by atoms with Crippen molar-refractivity contribution in [2.24, 2.45) is 0 Å². The van der Waals surface area contributed by atoms with Crippen LogP contribution in [0.15, 0.2) is 24.3 Å². The number of carbonyl (C=O) groups excluding carboxylic acids is 1. The Morgan fingerprint density at radius 3 is 2.90 bits per heavy atom. The number of hydrogen-bond donors (Lipinski definition) is 1. The SMILES string of the molecule is CC(C)(C)NC(=O)c1cccc(OCC2CCCO2)c1. The van der Waals surface area contributed by atoms with E-state index in [2.05, 4.69) is 5.32 Å². The second-order valence-electron chi connectivity index (χ2n) is 6.18. The van der Waals surface area contributed by atoms with Gasteiger partial charge in [-0.25, -0.2) is 0 Å². The van der Waals surface area contributed by atoms with Crippen LogP contribution in [0.4, 0.5) is 0 Å². The maximum atomic E-state index is 12.1. The first kappa shape index (κ1) is 14.9. The number of carbonyl (C=O) groups is 1. The molecule has 1 saturated heterocycles. The maximum Gasteiger partial charge on any atom is 0.251 e. The van der Waals surface area contributed by atoms with Gasteiger partial charge in [0.25, 0.3) is 5.91 Å². The molecule has 1 fully saturated rings. The highest BCUT2D eigenvalue weighted by Gasteiger charge is 2.17. The van der Waals surface area contributed by atoms with Gasteiger partial charge in [0.1, 0.15) is 12.4 Å². The van der Waals surface area contributed by atoms with Gasteiger partial charge in [0, 0.05) is 17.7 Å². The molecule has 1 aromatic rings. The summed E-state index contributed by atoms with van der Waals surface area (Å²) in [7, 11) is 0. The molecule has 2 rings (SSSR count). The molecule has 1 aromatic carbocycles. The van der Waals surface area contributed by atoms with Crippen molar-refractivity contribution in [1.29, 1.82) is 0 Å². The molecule has 1 aliphatic heterocycles. The van der Waals surface area contributed by atoms with Gasteiger partial charge in [-0.15, -0.1) is 0 Å². The minimum atomic E-state index is -0.244. The van der Waals surface area contributed by atoms with Crippen LogP contribution in [-0.4, -0.2) is 30.8 Å². The second kappa shape index (κ2) is 6.27. The van der Waals surface area contributed by atoms with Crippen LogP contribution in [0.3, 0.4) is 0 Å². The molecule has 1 heterocycles. The molecule has 0 aromatic heterocycles. The number of ether oxygens (including phenoxy) is 2. The smallest absolute Gasteiger partial charge is 0.251 e.